The number of halogens is 1. The molecule has 2 rings (SSSR count). The molecule has 0 aliphatic heterocycles. The minimum atomic E-state index is 0.193. The van der Waals surface area contributed by atoms with Gasteiger partial charge in [0.1, 0.15) is 5.78 Å². The Morgan fingerprint density at radius 1 is 1.56 bits per heavy atom. The molecule has 0 aromatic carbocycles. The smallest absolute Gasteiger partial charge is 0.141 e. The van der Waals surface area contributed by atoms with E-state index in [9.17, 15) is 4.79 Å². The molecular weight excluding hydrogens is 240 g/mol. The minimum absolute atomic E-state index is 0.193. The topological polar surface area (TPSA) is 17.1 Å². The highest BCUT2D eigenvalue weighted by atomic mass is 35.5. The molecule has 1 aromatic heterocycles. The largest absolute Gasteiger partial charge is 0.299 e. The third-order valence-corrected chi connectivity index (χ3v) is 4.85. The average Bonchev–Trinajstić information content (AvgIpc) is 2.72. The maximum absolute atomic E-state index is 12.2. The number of ketones is 1. The maximum atomic E-state index is 12.2. The van der Waals surface area contributed by atoms with Crippen LogP contribution in [0.4, 0.5) is 0 Å². The van der Waals surface area contributed by atoms with Crippen molar-refractivity contribution in [2.45, 2.75) is 39.5 Å². The predicted molar refractivity (Wildman–Crippen MR) is 69.2 cm³/mol. The van der Waals surface area contributed by atoms with Crippen LogP contribution in [0.3, 0.4) is 0 Å². The van der Waals surface area contributed by atoms with Crippen molar-refractivity contribution in [3.05, 3.63) is 21.3 Å². The molecule has 0 saturated heterocycles. The zero-order valence-electron chi connectivity index (χ0n) is 9.75. The van der Waals surface area contributed by atoms with Crippen LogP contribution < -0.4 is 0 Å². The van der Waals surface area contributed by atoms with Crippen LogP contribution in [0.5, 0.6) is 0 Å². The fourth-order valence-electron chi connectivity index (χ4n) is 2.67. The normalized spacial score (nSPS) is 23.6. The Hall–Kier alpha value is -0.340. The highest BCUT2D eigenvalue weighted by molar-refractivity contribution is 7.16. The lowest BCUT2D eigenvalue weighted by Gasteiger charge is -2.25. The molecule has 1 unspecified atom stereocenters. The Kier molecular flexibility index (Phi) is 3.41. The van der Waals surface area contributed by atoms with Crippen molar-refractivity contribution < 1.29 is 4.79 Å². The summed E-state index contributed by atoms with van der Waals surface area (Å²) >= 11 is 7.39. The summed E-state index contributed by atoms with van der Waals surface area (Å²) in [4.78, 5) is 13.3. The van der Waals surface area contributed by atoms with Crippen LogP contribution in [-0.2, 0) is 11.2 Å². The fourth-order valence-corrected chi connectivity index (χ4v) is 3.76. The molecule has 1 heterocycles. The zero-order valence-corrected chi connectivity index (χ0v) is 11.3. The maximum Gasteiger partial charge on any atom is 0.141 e. The first kappa shape index (κ1) is 12.1. The second kappa shape index (κ2) is 4.50. The van der Waals surface area contributed by atoms with Gasteiger partial charge in [0.15, 0.2) is 0 Å². The van der Waals surface area contributed by atoms with Gasteiger partial charge in [0, 0.05) is 17.2 Å². The van der Waals surface area contributed by atoms with Crippen LogP contribution in [0, 0.1) is 11.3 Å². The van der Waals surface area contributed by atoms with E-state index in [1.54, 1.807) is 0 Å². The first-order chi connectivity index (χ1) is 7.49. The quantitative estimate of drug-likeness (QED) is 0.786. The van der Waals surface area contributed by atoms with Gasteiger partial charge in [-0.1, -0.05) is 31.9 Å². The van der Waals surface area contributed by atoms with E-state index in [0.717, 1.165) is 15.6 Å². The molecule has 1 aliphatic rings. The molecule has 1 atom stereocenters. The lowest BCUT2D eigenvalue weighted by Crippen LogP contribution is -2.26. The summed E-state index contributed by atoms with van der Waals surface area (Å²) in [5.74, 6) is 0.634. The SMILES string of the molecule is CC1(C)CCCC1C(=O)Cc1ccc(Cl)s1. The third kappa shape index (κ3) is 2.49. The molecule has 1 aromatic rings. The van der Waals surface area contributed by atoms with Crippen molar-refractivity contribution in [2.24, 2.45) is 11.3 Å². The lowest BCUT2D eigenvalue weighted by molar-refractivity contribution is -0.124. The van der Waals surface area contributed by atoms with Crippen LogP contribution in [0.25, 0.3) is 0 Å². The highest BCUT2D eigenvalue weighted by Crippen LogP contribution is 2.43. The standard InChI is InChI=1S/C13H17ClOS/c1-13(2)7-3-4-10(13)11(15)8-9-5-6-12(14)16-9/h5-6,10H,3-4,7-8H2,1-2H3. The number of carbonyl (C=O) groups excluding carboxylic acids is 1. The van der Waals surface area contributed by atoms with E-state index in [0.29, 0.717) is 12.2 Å². The third-order valence-electron chi connectivity index (χ3n) is 3.62. The molecule has 0 spiro atoms. The Labute approximate surface area is 106 Å². The van der Waals surface area contributed by atoms with Crippen molar-refractivity contribution in [1.29, 1.82) is 0 Å². The molecule has 0 N–H and O–H groups in total. The molecule has 0 amide bonds. The van der Waals surface area contributed by atoms with Crippen molar-refractivity contribution >= 4 is 28.7 Å². The number of thiophene rings is 1. The number of carbonyl (C=O) groups is 1. The molecule has 1 saturated carbocycles. The second-order valence-corrected chi connectivity index (χ2v) is 7.08. The summed E-state index contributed by atoms with van der Waals surface area (Å²) in [6.07, 6.45) is 3.99. The van der Waals surface area contributed by atoms with Gasteiger partial charge < -0.3 is 0 Å². The van der Waals surface area contributed by atoms with Crippen LogP contribution in [0.1, 0.15) is 38.0 Å². The molecule has 1 fully saturated rings. The van der Waals surface area contributed by atoms with Crippen LogP contribution >= 0.6 is 22.9 Å². The van der Waals surface area contributed by atoms with Crippen molar-refractivity contribution in [3.63, 3.8) is 0 Å². The first-order valence-corrected chi connectivity index (χ1v) is 6.95. The summed E-state index contributed by atoms with van der Waals surface area (Å²) < 4.78 is 0.772. The summed E-state index contributed by atoms with van der Waals surface area (Å²) in [7, 11) is 0. The van der Waals surface area contributed by atoms with Crippen molar-refractivity contribution in [1.82, 2.24) is 0 Å². The Balaban J connectivity index is 2.03. The van der Waals surface area contributed by atoms with Gasteiger partial charge in [0.2, 0.25) is 0 Å². The van der Waals surface area contributed by atoms with Crippen LogP contribution in [0.15, 0.2) is 12.1 Å². The van der Waals surface area contributed by atoms with Gasteiger partial charge in [-0.05, 0) is 30.4 Å². The van der Waals surface area contributed by atoms with E-state index < -0.39 is 0 Å². The van der Waals surface area contributed by atoms with Gasteiger partial charge in [-0.25, -0.2) is 0 Å². The van der Waals surface area contributed by atoms with Crippen molar-refractivity contribution in [3.8, 4) is 0 Å². The molecule has 1 aliphatic carbocycles. The summed E-state index contributed by atoms with van der Waals surface area (Å²) in [6.45, 7) is 4.42. The van der Waals surface area contributed by atoms with Gasteiger partial charge in [0.05, 0.1) is 4.34 Å². The van der Waals surface area contributed by atoms with E-state index >= 15 is 0 Å². The Morgan fingerprint density at radius 3 is 2.81 bits per heavy atom. The minimum Gasteiger partial charge on any atom is -0.299 e. The number of hydrogen-bond acceptors (Lipinski definition) is 2. The van der Waals surface area contributed by atoms with Crippen molar-refractivity contribution in [2.75, 3.05) is 0 Å². The number of hydrogen-bond donors (Lipinski definition) is 0. The number of Topliss-reactive ketones (excluding diaryl/α,β-unsaturated/α-hetero) is 1. The lowest BCUT2D eigenvalue weighted by atomic mass is 9.78. The van der Waals surface area contributed by atoms with Gasteiger partial charge in [-0.2, -0.15) is 0 Å². The molecule has 3 heteroatoms. The highest BCUT2D eigenvalue weighted by Gasteiger charge is 2.38. The molecule has 0 radical (unpaired) electrons. The predicted octanol–water partition coefficient (Wildman–Crippen LogP) is 4.34. The number of rotatable bonds is 3. The second-order valence-electron chi connectivity index (χ2n) is 5.28. The van der Waals surface area contributed by atoms with Crippen LogP contribution in [0.2, 0.25) is 4.34 Å². The summed E-state index contributed by atoms with van der Waals surface area (Å²) in [5, 5.41) is 0. The van der Waals surface area contributed by atoms with Crippen LogP contribution in [-0.4, -0.2) is 5.78 Å². The van der Waals surface area contributed by atoms with E-state index in [4.69, 9.17) is 11.6 Å². The fraction of sp³-hybridized carbons (Fsp3) is 0.615. The van der Waals surface area contributed by atoms with E-state index in [1.807, 2.05) is 12.1 Å². The first-order valence-electron chi connectivity index (χ1n) is 5.76. The van der Waals surface area contributed by atoms with Gasteiger partial charge in [0.25, 0.3) is 0 Å². The van der Waals surface area contributed by atoms with Gasteiger partial charge >= 0.3 is 0 Å². The summed E-state index contributed by atoms with van der Waals surface area (Å²) in [5.41, 5.74) is 0.193. The van der Waals surface area contributed by atoms with E-state index in [-0.39, 0.29) is 11.3 Å². The molecule has 1 nitrogen and oxygen atoms in total. The molecule has 88 valence electrons. The zero-order chi connectivity index (χ0) is 11.8. The van der Waals surface area contributed by atoms with E-state index in [2.05, 4.69) is 13.8 Å². The Morgan fingerprint density at radius 2 is 2.31 bits per heavy atom. The molecular formula is C13H17ClOS. The van der Waals surface area contributed by atoms with Gasteiger partial charge in [-0.15, -0.1) is 11.3 Å². The summed E-state index contributed by atoms with van der Waals surface area (Å²) in [6, 6.07) is 3.83. The van der Waals surface area contributed by atoms with E-state index in [1.165, 1.54) is 24.2 Å². The monoisotopic (exact) mass is 256 g/mol. The Bertz CT molecular complexity index is 394. The average molecular weight is 257 g/mol. The molecule has 16 heavy (non-hydrogen) atoms. The van der Waals surface area contributed by atoms with Gasteiger partial charge in [-0.3, -0.25) is 4.79 Å². The molecule has 0 bridgehead atoms.